The number of rotatable bonds is 2. The Balaban J connectivity index is 1.95. The SMILES string of the molecule is CC(C)C1CCCN(C(=O)C2(C)CCCNC2)CC1. The van der Waals surface area contributed by atoms with Crippen LogP contribution in [0, 0.1) is 17.3 Å². The summed E-state index contributed by atoms with van der Waals surface area (Å²) in [4.78, 5) is 14.9. The van der Waals surface area contributed by atoms with Gasteiger partial charge in [-0.25, -0.2) is 0 Å². The summed E-state index contributed by atoms with van der Waals surface area (Å²) in [5.41, 5.74) is -0.157. The van der Waals surface area contributed by atoms with Gasteiger partial charge in [-0.3, -0.25) is 4.79 Å². The third kappa shape index (κ3) is 3.50. The van der Waals surface area contributed by atoms with Crippen molar-refractivity contribution in [1.82, 2.24) is 10.2 Å². The largest absolute Gasteiger partial charge is 0.342 e. The first-order valence-electron chi connectivity index (χ1n) is 8.03. The highest BCUT2D eigenvalue weighted by Gasteiger charge is 2.38. The van der Waals surface area contributed by atoms with E-state index in [9.17, 15) is 4.79 Å². The first kappa shape index (κ1) is 14.8. The van der Waals surface area contributed by atoms with E-state index in [0.29, 0.717) is 5.91 Å². The molecule has 3 nitrogen and oxygen atoms in total. The van der Waals surface area contributed by atoms with Gasteiger partial charge in [0.25, 0.3) is 0 Å². The summed E-state index contributed by atoms with van der Waals surface area (Å²) in [6, 6.07) is 0. The Labute approximate surface area is 118 Å². The van der Waals surface area contributed by atoms with E-state index in [1.807, 2.05) is 0 Å². The minimum absolute atomic E-state index is 0.157. The Morgan fingerprint density at radius 3 is 2.68 bits per heavy atom. The van der Waals surface area contributed by atoms with E-state index in [4.69, 9.17) is 0 Å². The average Bonchev–Trinajstić information content (AvgIpc) is 2.64. The van der Waals surface area contributed by atoms with E-state index in [1.54, 1.807) is 0 Å². The van der Waals surface area contributed by atoms with Crippen LogP contribution in [0.1, 0.15) is 52.9 Å². The van der Waals surface area contributed by atoms with Crippen LogP contribution in [-0.2, 0) is 4.79 Å². The standard InChI is InChI=1S/C16H30N2O/c1-13(2)14-6-4-10-18(11-7-14)15(19)16(3)8-5-9-17-12-16/h13-14,17H,4-12H2,1-3H3. The Hall–Kier alpha value is -0.570. The quantitative estimate of drug-likeness (QED) is 0.833. The molecule has 0 spiro atoms. The summed E-state index contributed by atoms with van der Waals surface area (Å²) in [6.07, 6.45) is 5.83. The van der Waals surface area contributed by atoms with Crippen LogP contribution in [0.4, 0.5) is 0 Å². The molecule has 2 saturated heterocycles. The second-order valence-electron chi connectivity index (χ2n) is 7.07. The molecular formula is C16H30N2O. The highest BCUT2D eigenvalue weighted by molar-refractivity contribution is 5.82. The van der Waals surface area contributed by atoms with Gasteiger partial charge in [0.05, 0.1) is 5.41 Å². The lowest BCUT2D eigenvalue weighted by molar-refractivity contribution is -0.142. The molecule has 0 aromatic carbocycles. The Morgan fingerprint density at radius 1 is 1.26 bits per heavy atom. The van der Waals surface area contributed by atoms with E-state index >= 15 is 0 Å². The second-order valence-corrected chi connectivity index (χ2v) is 7.07. The number of carbonyl (C=O) groups is 1. The lowest BCUT2D eigenvalue weighted by Gasteiger charge is -2.37. The van der Waals surface area contributed by atoms with Crippen LogP contribution < -0.4 is 5.32 Å². The number of hydrogen-bond donors (Lipinski definition) is 1. The number of piperidine rings is 1. The molecule has 0 bridgehead atoms. The Kier molecular flexibility index (Phi) is 4.88. The van der Waals surface area contributed by atoms with Crippen LogP contribution in [0.2, 0.25) is 0 Å². The molecule has 19 heavy (non-hydrogen) atoms. The van der Waals surface area contributed by atoms with Crippen LogP contribution >= 0.6 is 0 Å². The summed E-state index contributed by atoms with van der Waals surface area (Å²) in [6.45, 7) is 10.6. The van der Waals surface area contributed by atoms with Gasteiger partial charge in [-0.15, -0.1) is 0 Å². The van der Waals surface area contributed by atoms with Crippen molar-refractivity contribution in [3.8, 4) is 0 Å². The minimum atomic E-state index is -0.157. The van der Waals surface area contributed by atoms with Crippen LogP contribution in [0.15, 0.2) is 0 Å². The summed E-state index contributed by atoms with van der Waals surface area (Å²) >= 11 is 0. The van der Waals surface area contributed by atoms with Gasteiger partial charge in [0.1, 0.15) is 0 Å². The number of carbonyl (C=O) groups excluding carboxylic acids is 1. The third-order valence-corrected chi connectivity index (χ3v) is 5.12. The number of nitrogens with one attached hydrogen (secondary N) is 1. The first-order valence-corrected chi connectivity index (χ1v) is 8.03. The topological polar surface area (TPSA) is 32.3 Å². The molecule has 1 amide bonds. The normalized spacial score (nSPS) is 33.3. The van der Waals surface area contributed by atoms with E-state index in [1.165, 1.54) is 19.3 Å². The summed E-state index contributed by atoms with van der Waals surface area (Å²) in [5, 5.41) is 3.39. The highest BCUT2D eigenvalue weighted by Crippen LogP contribution is 2.31. The van der Waals surface area contributed by atoms with Crippen molar-refractivity contribution in [2.24, 2.45) is 17.3 Å². The number of amides is 1. The molecule has 110 valence electrons. The zero-order valence-corrected chi connectivity index (χ0v) is 12.9. The van der Waals surface area contributed by atoms with Crippen LogP contribution in [0.3, 0.4) is 0 Å². The monoisotopic (exact) mass is 266 g/mol. The van der Waals surface area contributed by atoms with Gasteiger partial charge in [-0.2, -0.15) is 0 Å². The van der Waals surface area contributed by atoms with E-state index < -0.39 is 0 Å². The first-order chi connectivity index (χ1) is 9.03. The summed E-state index contributed by atoms with van der Waals surface area (Å²) in [7, 11) is 0. The predicted octanol–water partition coefficient (Wildman–Crippen LogP) is 2.66. The zero-order valence-electron chi connectivity index (χ0n) is 12.9. The molecule has 2 heterocycles. The fraction of sp³-hybridized carbons (Fsp3) is 0.938. The molecule has 1 N–H and O–H groups in total. The van der Waals surface area contributed by atoms with Gasteiger partial charge in [0.2, 0.25) is 5.91 Å². The molecule has 2 unspecified atom stereocenters. The Bertz CT molecular complexity index is 308. The van der Waals surface area contributed by atoms with E-state index in [2.05, 4.69) is 31.0 Å². The average molecular weight is 266 g/mol. The highest BCUT2D eigenvalue weighted by atomic mass is 16.2. The second kappa shape index (κ2) is 6.25. The zero-order chi connectivity index (χ0) is 13.9. The molecule has 2 atom stereocenters. The maximum atomic E-state index is 12.8. The maximum absolute atomic E-state index is 12.8. The number of hydrogen-bond acceptors (Lipinski definition) is 2. The minimum Gasteiger partial charge on any atom is -0.342 e. The van der Waals surface area contributed by atoms with Gasteiger partial charge in [0, 0.05) is 19.6 Å². The van der Waals surface area contributed by atoms with Crippen molar-refractivity contribution in [2.75, 3.05) is 26.2 Å². The van der Waals surface area contributed by atoms with Gasteiger partial charge in [0.15, 0.2) is 0 Å². The molecule has 2 rings (SSSR count). The van der Waals surface area contributed by atoms with Crippen molar-refractivity contribution >= 4 is 5.91 Å². The molecular weight excluding hydrogens is 236 g/mol. The molecule has 3 heteroatoms. The van der Waals surface area contributed by atoms with Crippen molar-refractivity contribution in [3.63, 3.8) is 0 Å². The number of nitrogens with zero attached hydrogens (tertiary/aromatic N) is 1. The molecule has 2 aliphatic heterocycles. The lowest BCUT2D eigenvalue weighted by Crippen LogP contribution is -2.50. The molecule has 0 aromatic heterocycles. The summed E-state index contributed by atoms with van der Waals surface area (Å²) < 4.78 is 0. The molecule has 2 aliphatic rings. The van der Waals surface area contributed by atoms with Crippen molar-refractivity contribution in [2.45, 2.75) is 52.9 Å². The van der Waals surface area contributed by atoms with Gasteiger partial charge in [-0.05, 0) is 57.4 Å². The van der Waals surface area contributed by atoms with Gasteiger partial charge < -0.3 is 10.2 Å². The lowest BCUT2D eigenvalue weighted by atomic mass is 9.81. The molecule has 0 saturated carbocycles. The van der Waals surface area contributed by atoms with Crippen LogP contribution in [0.25, 0.3) is 0 Å². The fourth-order valence-corrected chi connectivity index (χ4v) is 3.61. The van der Waals surface area contributed by atoms with E-state index in [0.717, 1.165) is 50.9 Å². The molecule has 2 fully saturated rings. The smallest absolute Gasteiger partial charge is 0.229 e. The van der Waals surface area contributed by atoms with Gasteiger partial charge in [-0.1, -0.05) is 13.8 Å². The van der Waals surface area contributed by atoms with Crippen LogP contribution in [-0.4, -0.2) is 37.0 Å². The maximum Gasteiger partial charge on any atom is 0.229 e. The molecule has 0 radical (unpaired) electrons. The van der Waals surface area contributed by atoms with Crippen molar-refractivity contribution in [3.05, 3.63) is 0 Å². The predicted molar refractivity (Wildman–Crippen MR) is 79.0 cm³/mol. The number of likely N-dealkylation sites (tertiary alicyclic amines) is 1. The molecule has 0 aliphatic carbocycles. The van der Waals surface area contributed by atoms with Gasteiger partial charge >= 0.3 is 0 Å². The Morgan fingerprint density at radius 2 is 2.05 bits per heavy atom. The van der Waals surface area contributed by atoms with E-state index in [-0.39, 0.29) is 5.41 Å². The fourth-order valence-electron chi connectivity index (χ4n) is 3.61. The van der Waals surface area contributed by atoms with Crippen molar-refractivity contribution < 1.29 is 4.79 Å². The third-order valence-electron chi connectivity index (χ3n) is 5.12. The summed E-state index contributed by atoms with van der Waals surface area (Å²) in [5.74, 6) is 1.95. The molecule has 0 aromatic rings. The van der Waals surface area contributed by atoms with Crippen molar-refractivity contribution in [1.29, 1.82) is 0 Å². The van der Waals surface area contributed by atoms with Crippen LogP contribution in [0.5, 0.6) is 0 Å².